The topological polar surface area (TPSA) is 42.4 Å². The van der Waals surface area contributed by atoms with Crippen LogP contribution in [-0.4, -0.2) is 41.6 Å². The fourth-order valence-electron chi connectivity index (χ4n) is 2.94. The van der Waals surface area contributed by atoms with Gasteiger partial charge in [0.15, 0.2) is 5.82 Å². The number of pyridine rings is 1. The highest BCUT2D eigenvalue weighted by atomic mass is 19.1. The molecule has 0 saturated carbocycles. The van der Waals surface area contributed by atoms with E-state index in [9.17, 15) is 9.18 Å². The van der Waals surface area contributed by atoms with Gasteiger partial charge in [0.25, 0.3) is 5.91 Å². The van der Waals surface area contributed by atoms with Crippen molar-refractivity contribution in [3.05, 3.63) is 65.7 Å². The van der Waals surface area contributed by atoms with Crippen LogP contribution in [0.25, 0.3) is 0 Å². The average Bonchev–Trinajstić information content (AvgIpc) is 3.08. The number of hydrogen-bond donors (Lipinski definition) is 0. The molecule has 0 aliphatic carbocycles. The van der Waals surface area contributed by atoms with Crippen molar-refractivity contribution in [2.24, 2.45) is 0 Å². The number of carbonyl (C=O) groups excluding carboxylic acids is 1. The number of benzene rings is 1. The maximum Gasteiger partial charge on any atom is 0.257 e. The molecule has 0 N–H and O–H groups in total. The summed E-state index contributed by atoms with van der Waals surface area (Å²) in [4.78, 5) is 17.7. The van der Waals surface area contributed by atoms with Crippen molar-refractivity contribution in [2.45, 2.75) is 25.4 Å². The number of aromatic nitrogens is 1. The third-order valence-corrected chi connectivity index (χ3v) is 4.24. The van der Waals surface area contributed by atoms with Crippen LogP contribution in [0.2, 0.25) is 0 Å². The van der Waals surface area contributed by atoms with E-state index in [1.54, 1.807) is 4.90 Å². The molecule has 126 valence electrons. The van der Waals surface area contributed by atoms with E-state index in [-0.39, 0.29) is 17.6 Å². The van der Waals surface area contributed by atoms with E-state index in [4.69, 9.17) is 4.74 Å². The highest BCUT2D eigenvalue weighted by Crippen LogP contribution is 2.17. The van der Waals surface area contributed by atoms with Crippen molar-refractivity contribution in [3.8, 4) is 0 Å². The zero-order chi connectivity index (χ0) is 16.8. The lowest BCUT2D eigenvalue weighted by Crippen LogP contribution is -2.31. The molecule has 5 heteroatoms. The number of likely N-dealkylation sites (tertiary alicyclic amines) is 1. The second-order valence-corrected chi connectivity index (χ2v) is 5.98. The second-order valence-electron chi connectivity index (χ2n) is 5.98. The number of aryl methyl sites for hydroxylation is 1. The summed E-state index contributed by atoms with van der Waals surface area (Å²) in [7, 11) is 0. The van der Waals surface area contributed by atoms with Crippen molar-refractivity contribution in [1.82, 2.24) is 9.88 Å². The molecule has 1 saturated heterocycles. The van der Waals surface area contributed by atoms with Crippen molar-refractivity contribution in [2.75, 3.05) is 19.7 Å². The van der Waals surface area contributed by atoms with Crippen LogP contribution in [-0.2, 0) is 11.2 Å². The Morgan fingerprint density at radius 1 is 1.29 bits per heavy atom. The van der Waals surface area contributed by atoms with Gasteiger partial charge in [0.2, 0.25) is 0 Å². The molecule has 1 fully saturated rings. The van der Waals surface area contributed by atoms with Gasteiger partial charge in [-0.15, -0.1) is 0 Å². The number of ether oxygens (including phenoxy) is 1. The maximum atomic E-state index is 13.7. The summed E-state index contributed by atoms with van der Waals surface area (Å²) < 4.78 is 19.5. The average molecular weight is 328 g/mol. The van der Waals surface area contributed by atoms with Crippen LogP contribution in [0.1, 0.15) is 28.8 Å². The molecule has 1 aromatic heterocycles. The van der Waals surface area contributed by atoms with Crippen molar-refractivity contribution in [3.63, 3.8) is 0 Å². The second kappa shape index (κ2) is 8.02. The summed E-state index contributed by atoms with van der Waals surface area (Å²) in [5.41, 5.74) is 1.38. The minimum absolute atomic E-state index is 0.0367. The van der Waals surface area contributed by atoms with E-state index in [2.05, 4.69) is 17.1 Å². The SMILES string of the molecule is O=C(c1ccncc1F)N1CC[C@@H](OCCCc2ccccc2)C1. The van der Waals surface area contributed by atoms with Gasteiger partial charge in [-0.05, 0) is 30.9 Å². The molecule has 3 rings (SSSR count). The zero-order valence-electron chi connectivity index (χ0n) is 13.5. The van der Waals surface area contributed by atoms with Gasteiger partial charge < -0.3 is 9.64 Å². The predicted molar refractivity (Wildman–Crippen MR) is 89.2 cm³/mol. The summed E-state index contributed by atoms with van der Waals surface area (Å²) >= 11 is 0. The van der Waals surface area contributed by atoms with E-state index in [0.717, 1.165) is 25.5 Å². The Labute approximate surface area is 141 Å². The number of amides is 1. The lowest BCUT2D eigenvalue weighted by atomic mass is 10.1. The van der Waals surface area contributed by atoms with Crippen molar-refractivity contribution >= 4 is 5.91 Å². The zero-order valence-corrected chi connectivity index (χ0v) is 13.5. The summed E-state index contributed by atoms with van der Waals surface area (Å²) in [6.45, 7) is 1.79. The molecule has 0 unspecified atom stereocenters. The molecule has 2 aromatic rings. The van der Waals surface area contributed by atoms with Gasteiger partial charge in [0.05, 0.1) is 17.9 Å². The molecule has 24 heavy (non-hydrogen) atoms. The predicted octanol–water partition coefficient (Wildman–Crippen LogP) is 3.08. The molecule has 0 radical (unpaired) electrons. The first-order chi connectivity index (χ1) is 11.7. The summed E-state index contributed by atoms with van der Waals surface area (Å²) in [5.74, 6) is -0.861. The van der Waals surface area contributed by atoms with Gasteiger partial charge in [-0.25, -0.2) is 4.39 Å². The highest BCUT2D eigenvalue weighted by molar-refractivity contribution is 5.94. The van der Waals surface area contributed by atoms with Crippen LogP contribution in [0.4, 0.5) is 4.39 Å². The smallest absolute Gasteiger partial charge is 0.257 e. The Kier molecular flexibility index (Phi) is 5.54. The van der Waals surface area contributed by atoms with Crippen LogP contribution >= 0.6 is 0 Å². The Balaban J connectivity index is 1.42. The van der Waals surface area contributed by atoms with Crippen LogP contribution in [0.3, 0.4) is 0 Å². The van der Waals surface area contributed by atoms with Crippen molar-refractivity contribution in [1.29, 1.82) is 0 Å². The van der Waals surface area contributed by atoms with Gasteiger partial charge in [0, 0.05) is 25.9 Å². The Morgan fingerprint density at radius 3 is 2.92 bits per heavy atom. The Bertz CT molecular complexity index is 678. The first kappa shape index (κ1) is 16.6. The molecule has 1 aromatic carbocycles. The van der Waals surface area contributed by atoms with Crippen LogP contribution in [0.15, 0.2) is 48.8 Å². The standard InChI is InChI=1S/C19H21FN2O2/c20-18-13-21-10-8-17(18)19(23)22-11-9-16(14-22)24-12-4-7-15-5-2-1-3-6-15/h1-3,5-6,8,10,13,16H,4,7,9,11-12,14H2/t16-/m1/s1. The lowest BCUT2D eigenvalue weighted by Gasteiger charge is -2.17. The van der Waals surface area contributed by atoms with Gasteiger partial charge in [-0.3, -0.25) is 9.78 Å². The minimum atomic E-state index is -0.574. The van der Waals surface area contributed by atoms with E-state index in [1.165, 1.54) is 17.8 Å². The van der Waals surface area contributed by atoms with Gasteiger partial charge in [0.1, 0.15) is 0 Å². The van der Waals surface area contributed by atoms with E-state index < -0.39 is 5.82 Å². The summed E-state index contributed by atoms with van der Waals surface area (Å²) in [6, 6.07) is 11.7. The minimum Gasteiger partial charge on any atom is -0.376 e. The van der Waals surface area contributed by atoms with E-state index >= 15 is 0 Å². The molecule has 0 bridgehead atoms. The number of hydrogen-bond acceptors (Lipinski definition) is 3. The van der Waals surface area contributed by atoms with E-state index in [1.807, 2.05) is 18.2 Å². The number of rotatable bonds is 6. The quantitative estimate of drug-likeness (QED) is 0.765. The molecular weight excluding hydrogens is 307 g/mol. The largest absolute Gasteiger partial charge is 0.376 e. The van der Waals surface area contributed by atoms with Gasteiger partial charge in [-0.2, -0.15) is 0 Å². The lowest BCUT2D eigenvalue weighted by molar-refractivity contribution is 0.0523. The first-order valence-electron chi connectivity index (χ1n) is 8.28. The monoisotopic (exact) mass is 328 g/mol. The molecule has 1 atom stereocenters. The summed E-state index contributed by atoms with van der Waals surface area (Å²) in [5, 5.41) is 0. The normalized spacial score (nSPS) is 17.2. The van der Waals surface area contributed by atoms with Gasteiger partial charge >= 0.3 is 0 Å². The molecule has 4 nitrogen and oxygen atoms in total. The number of halogens is 1. The third-order valence-electron chi connectivity index (χ3n) is 4.24. The fourth-order valence-corrected chi connectivity index (χ4v) is 2.94. The number of nitrogens with zero attached hydrogens (tertiary/aromatic N) is 2. The summed E-state index contributed by atoms with van der Waals surface area (Å²) in [6.07, 6.45) is 5.27. The van der Waals surface area contributed by atoms with Crippen molar-refractivity contribution < 1.29 is 13.9 Å². The maximum absolute atomic E-state index is 13.7. The Hall–Kier alpha value is -2.27. The van der Waals surface area contributed by atoms with Crippen LogP contribution in [0.5, 0.6) is 0 Å². The third kappa shape index (κ3) is 4.17. The van der Waals surface area contributed by atoms with Crippen LogP contribution in [0, 0.1) is 5.82 Å². The van der Waals surface area contributed by atoms with E-state index in [0.29, 0.717) is 19.7 Å². The Morgan fingerprint density at radius 2 is 2.12 bits per heavy atom. The molecule has 0 spiro atoms. The van der Waals surface area contributed by atoms with Crippen LogP contribution < -0.4 is 0 Å². The molecule has 2 heterocycles. The molecule has 1 amide bonds. The fraction of sp³-hybridized carbons (Fsp3) is 0.368. The number of carbonyl (C=O) groups is 1. The molecular formula is C19H21FN2O2. The van der Waals surface area contributed by atoms with Gasteiger partial charge in [-0.1, -0.05) is 30.3 Å². The molecule has 1 aliphatic heterocycles. The first-order valence-corrected chi connectivity index (χ1v) is 8.28. The molecule has 1 aliphatic rings. The highest BCUT2D eigenvalue weighted by Gasteiger charge is 2.28.